The second-order valence-corrected chi connectivity index (χ2v) is 8.53. The third-order valence-corrected chi connectivity index (χ3v) is 6.99. The summed E-state index contributed by atoms with van der Waals surface area (Å²) in [4.78, 5) is 28.5. The Labute approximate surface area is 180 Å². The van der Waals surface area contributed by atoms with E-state index in [4.69, 9.17) is 4.74 Å². The molecule has 1 aromatic carbocycles. The number of carbonyl (C=O) groups is 2. The van der Waals surface area contributed by atoms with E-state index in [0.29, 0.717) is 25.0 Å². The van der Waals surface area contributed by atoms with Crippen molar-refractivity contribution < 1.29 is 14.3 Å². The van der Waals surface area contributed by atoms with Gasteiger partial charge in [0, 0.05) is 55.7 Å². The molecule has 1 aromatic heterocycles. The smallest absolute Gasteiger partial charge is 0.414 e. The largest absolute Gasteiger partial charge is 0.523 e. The van der Waals surface area contributed by atoms with E-state index in [1.54, 1.807) is 0 Å². The number of hydrogen-bond acceptors (Lipinski definition) is 6. The summed E-state index contributed by atoms with van der Waals surface area (Å²) >= 11 is 0. The van der Waals surface area contributed by atoms with Crippen molar-refractivity contribution in [1.82, 2.24) is 20.1 Å². The average Bonchev–Trinajstić information content (AvgIpc) is 3.10. The molecule has 8 nitrogen and oxygen atoms in total. The Bertz CT molecular complexity index is 1070. The Morgan fingerprint density at radius 3 is 2.52 bits per heavy atom. The van der Waals surface area contributed by atoms with Crippen LogP contribution >= 0.6 is 0 Å². The lowest BCUT2D eigenvalue weighted by atomic mass is 9.96. The molecule has 2 saturated heterocycles. The monoisotopic (exact) mass is 418 g/mol. The number of rotatable bonds is 5. The molecule has 2 unspecified atom stereocenters. The van der Waals surface area contributed by atoms with E-state index in [1.807, 2.05) is 42.6 Å². The molecule has 1 saturated carbocycles. The molecule has 2 amide bonds. The zero-order chi connectivity index (χ0) is 21.6. The zero-order valence-corrected chi connectivity index (χ0v) is 17.3. The third-order valence-electron chi connectivity index (χ3n) is 6.99. The molecule has 0 spiro atoms. The van der Waals surface area contributed by atoms with Crippen molar-refractivity contribution >= 4 is 17.7 Å². The van der Waals surface area contributed by atoms with Crippen LogP contribution in [0.5, 0.6) is 0 Å². The highest BCUT2D eigenvalue weighted by Gasteiger charge is 2.69. The molecule has 3 fully saturated rings. The number of piperidine rings is 1. The number of benzene rings is 1. The highest BCUT2D eigenvalue weighted by molar-refractivity contribution is 5.85. The van der Waals surface area contributed by atoms with E-state index in [2.05, 4.69) is 21.7 Å². The highest BCUT2D eigenvalue weighted by Crippen LogP contribution is 2.60. The minimum absolute atomic E-state index is 0.0570. The fourth-order valence-electron chi connectivity index (χ4n) is 5.11. The van der Waals surface area contributed by atoms with E-state index in [0.717, 1.165) is 35.6 Å². The Hall–Kier alpha value is -3.28. The number of ether oxygens (including phenoxy) is 1. The molecule has 31 heavy (non-hydrogen) atoms. The van der Waals surface area contributed by atoms with Crippen LogP contribution in [0.25, 0.3) is 11.1 Å². The van der Waals surface area contributed by atoms with Crippen molar-refractivity contribution in [2.45, 2.75) is 12.3 Å². The minimum Gasteiger partial charge on any atom is -0.414 e. The van der Waals surface area contributed by atoms with Crippen LogP contribution in [0.3, 0.4) is 0 Å². The van der Waals surface area contributed by atoms with E-state index in [-0.39, 0.29) is 23.2 Å². The Morgan fingerprint density at radius 2 is 1.97 bits per heavy atom. The van der Waals surface area contributed by atoms with Crippen LogP contribution in [-0.2, 0) is 14.9 Å². The molecular formula is C23H24N5O3+. The number of amides is 2. The molecular weight excluding hydrogens is 394 g/mol. The summed E-state index contributed by atoms with van der Waals surface area (Å²) in [6.07, 6.45) is 1.45. The number of fused-ring (bicyclic) bond motifs is 1. The second kappa shape index (κ2) is 7.15. The van der Waals surface area contributed by atoms with Gasteiger partial charge < -0.3 is 15.4 Å². The van der Waals surface area contributed by atoms with Gasteiger partial charge in [0.25, 0.3) is 0 Å². The van der Waals surface area contributed by atoms with E-state index >= 15 is 0 Å². The summed E-state index contributed by atoms with van der Waals surface area (Å²) in [7, 11) is 0. The lowest BCUT2D eigenvalue weighted by Crippen LogP contribution is -2.56. The first kappa shape index (κ1) is 19.7. The number of carbonyl (C=O) groups excluding carboxylic acids is 2. The highest BCUT2D eigenvalue weighted by atomic mass is 16.6. The second-order valence-electron chi connectivity index (χ2n) is 8.53. The van der Waals surface area contributed by atoms with Gasteiger partial charge in [0.1, 0.15) is 24.3 Å². The van der Waals surface area contributed by atoms with E-state index < -0.39 is 5.41 Å². The van der Waals surface area contributed by atoms with Crippen molar-refractivity contribution in [3.8, 4) is 17.2 Å². The van der Waals surface area contributed by atoms with Crippen LogP contribution in [0.15, 0.2) is 42.6 Å². The summed E-state index contributed by atoms with van der Waals surface area (Å²) in [5.41, 5.74) is 3.10. The molecule has 2 aliphatic heterocycles. The normalized spacial score (nSPS) is 30.9. The van der Waals surface area contributed by atoms with Crippen LogP contribution in [0.2, 0.25) is 0 Å². The Kier molecular flexibility index (Phi) is 4.54. The van der Waals surface area contributed by atoms with E-state index in [1.165, 1.54) is 6.92 Å². The summed E-state index contributed by atoms with van der Waals surface area (Å²) in [6.45, 7) is 4.15. The zero-order valence-electron chi connectivity index (χ0n) is 17.3. The van der Waals surface area contributed by atoms with Crippen molar-refractivity contribution in [2.75, 3.05) is 32.9 Å². The van der Waals surface area contributed by atoms with Crippen molar-refractivity contribution in [3.63, 3.8) is 0 Å². The van der Waals surface area contributed by atoms with Gasteiger partial charge in [-0.1, -0.05) is 6.07 Å². The van der Waals surface area contributed by atoms with Crippen molar-refractivity contribution in [3.05, 3.63) is 48.3 Å². The van der Waals surface area contributed by atoms with Crippen LogP contribution in [0.1, 0.15) is 12.6 Å². The SMILES string of the molecule is CC(=O)NC[N+]1(c2ccc(-c3ccc(C4(C#N)[C@@H]5CNC[C@@H]54)nc3)cc2)CCOC1=O. The van der Waals surface area contributed by atoms with Gasteiger partial charge in [-0.25, -0.2) is 0 Å². The summed E-state index contributed by atoms with van der Waals surface area (Å²) < 4.78 is 5.15. The first-order valence-electron chi connectivity index (χ1n) is 10.5. The summed E-state index contributed by atoms with van der Waals surface area (Å²) in [6, 6.07) is 14.2. The number of nitriles is 1. The molecule has 4 atom stereocenters. The molecule has 2 N–H and O–H groups in total. The molecule has 0 radical (unpaired) electrons. The summed E-state index contributed by atoms with van der Waals surface area (Å²) in [5, 5.41) is 15.9. The topological polar surface area (TPSA) is 104 Å². The average molecular weight is 418 g/mol. The fraction of sp³-hybridized carbons (Fsp3) is 0.391. The van der Waals surface area contributed by atoms with Crippen LogP contribution in [0.4, 0.5) is 10.5 Å². The number of hydrogen-bond donors (Lipinski definition) is 2. The third kappa shape index (κ3) is 2.92. The lowest BCUT2D eigenvalue weighted by Gasteiger charge is -2.27. The van der Waals surface area contributed by atoms with Crippen molar-refractivity contribution in [2.24, 2.45) is 11.8 Å². The van der Waals surface area contributed by atoms with Gasteiger partial charge in [0.15, 0.2) is 6.67 Å². The first-order chi connectivity index (χ1) is 15.0. The molecule has 5 rings (SSSR count). The predicted molar refractivity (Wildman–Crippen MR) is 114 cm³/mol. The number of quaternary nitrogens is 1. The van der Waals surface area contributed by atoms with Crippen molar-refractivity contribution in [1.29, 1.82) is 5.26 Å². The standard InChI is InChI=1S/C23H23N5O3/c1-15(29)27-14-28(8-9-31-22(28)30)18-5-2-16(3-6-18)17-4-7-21(26-10-17)23(13-24)19-11-25-12-20(19)23/h2-7,10,19-20,25H,8-9,11-12,14H2,1H3/p+1/t19-,20+,23?,28?. The van der Waals surface area contributed by atoms with Gasteiger partial charge in [-0.15, -0.1) is 0 Å². The maximum Gasteiger partial charge on any atom is 0.523 e. The number of cyclic esters (lactones) is 1. The van der Waals surface area contributed by atoms with Gasteiger partial charge in [0.05, 0.1) is 11.8 Å². The predicted octanol–water partition coefficient (Wildman–Crippen LogP) is 1.91. The summed E-state index contributed by atoms with van der Waals surface area (Å²) in [5.74, 6) is 0.531. The molecule has 158 valence electrons. The molecule has 1 aliphatic carbocycles. The molecule has 0 bridgehead atoms. The first-order valence-corrected chi connectivity index (χ1v) is 10.5. The van der Waals surface area contributed by atoms with Crippen LogP contribution < -0.4 is 15.1 Å². The molecule has 3 aliphatic rings. The van der Waals surface area contributed by atoms with Gasteiger partial charge in [-0.05, 0) is 23.8 Å². The van der Waals surface area contributed by atoms with E-state index in [9.17, 15) is 14.9 Å². The van der Waals surface area contributed by atoms with Crippen LogP contribution in [-0.4, -0.2) is 49.9 Å². The maximum absolute atomic E-state index is 12.5. The number of nitrogens with zero attached hydrogens (tertiary/aromatic N) is 3. The quantitative estimate of drug-likeness (QED) is 0.719. The van der Waals surface area contributed by atoms with Gasteiger partial charge in [0.2, 0.25) is 5.91 Å². The number of pyridine rings is 1. The molecule has 3 heterocycles. The minimum atomic E-state index is -0.440. The molecule has 8 heteroatoms. The molecule has 2 aromatic rings. The Balaban J connectivity index is 1.38. The van der Waals surface area contributed by atoms with Crippen LogP contribution in [0, 0.1) is 23.2 Å². The number of aromatic nitrogens is 1. The van der Waals surface area contributed by atoms with Gasteiger partial charge in [-0.3, -0.25) is 9.78 Å². The lowest BCUT2D eigenvalue weighted by molar-refractivity contribution is -0.119. The fourth-order valence-corrected chi connectivity index (χ4v) is 5.11. The van der Waals surface area contributed by atoms with Gasteiger partial charge in [-0.2, -0.15) is 14.5 Å². The Morgan fingerprint density at radius 1 is 1.26 bits per heavy atom. The maximum atomic E-state index is 12.5. The number of nitrogens with one attached hydrogen (secondary N) is 2. The van der Waals surface area contributed by atoms with Gasteiger partial charge >= 0.3 is 6.09 Å².